The van der Waals surface area contributed by atoms with E-state index in [9.17, 15) is 9.59 Å². The largest absolute Gasteiger partial charge is 0.461 e. The Kier molecular flexibility index (Phi) is 5.26. The average Bonchev–Trinajstić information content (AvgIpc) is 2.97. The maximum absolute atomic E-state index is 12.2. The van der Waals surface area contributed by atoms with E-state index in [1.807, 2.05) is 34.9 Å². The van der Waals surface area contributed by atoms with Crippen molar-refractivity contribution in [3.05, 3.63) is 57.7 Å². The predicted molar refractivity (Wildman–Crippen MR) is 107 cm³/mol. The molecule has 26 heavy (non-hydrogen) atoms. The number of hydrogen-bond donors (Lipinski definition) is 0. The molecule has 2 aromatic heterocycles. The van der Waals surface area contributed by atoms with E-state index in [1.54, 1.807) is 38.1 Å². The fraction of sp³-hybridized carbons (Fsp3) is 0.211. The van der Waals surface area contributed by atoms with Crippen LogP contribution in [0.15, 0.2) is 42.6 Å². The highest BCUT2D eigenvalue weighted by Crippen LogP contribution is 2.25. The van der Waals surface area contributed by atoms with E-state index < -0.39 is 5.97 Å². The maximum Gasteiger partial charge on any atom is 0.359 e. The quantitative estimate of drug-likeness (QED) is 0.439. The van der Waals surface area contributed by atoms with Gasteiger partial charge in [0.05, 0.1) is 12.1 Å². The topological polar surface area (TPSA) is 63.9 Å². The first kappa shape index (κ1) is 18.4. The third-order valence-corrected chi connectivity index (χ3v) is 4.70. The second-order valence-electron chi connectivity index (χ2n) is 5.90. The lowest BCUT2D eigenvalue weighted by Crippen LogP contribution is -2.21. The molecule has 2 heterocycles. The van der Waals surface area contributed by atoms with Gasteiger partial charge in [-0.2, -0.15) is 0 Å². The fourth-order valence-corrected chi connectivity index (χ4v) is 3.30. The van der Waals surface area contributed by atoms with Gasteiger partial charge in [0.25, 0.3) is 5.91 Å². The van der Waals surface area contributed by atoms with E-state index in [0.29, 0.717) is 27.2 Å². The minimum Gasteiger partial charge on any atom is -0.461 e. The molecule has 0 bridgehead atoms. The summed E-state index contributed by atoms with van der Waals surface area (Å²) in [5, 5.41) is 0. The van der Waals surface area contributed by atoms with Crippen LogP contribution in [0.2, 0.25) is 0 Å². The molecular weight excluding hydrogens is 445 g/mol. The van der Waals surface area contributed by atoms with Crippen LogP contribution in [0.5, 0.6) is 0 Å². The van der Waals surface area contributed by atoms with Gasteiger partial charge in [0.1, 0.15) is 0 Å². The SMILES string of the molecule is CCOC(=O)c1nc(I)n2ccc(-c3ccc(C(=O)N(C)C)cc3)cc12. The first-order valence-corrected chi connectivity index (χ1v) is 9.17. The number of hydrogen-bond acceptors (Lipinski definition) is 4. The molecule has 0 aliphatic heterocycles. The molecule has 3 rings (SSSR count). The molecule has 7 heteroatoms. The molecule has 1 amide bonds. The van der Waals surface area contributed by atoms with Crippen molar-refractivity contribution in [3.8, 4) is 11.1 Å². The molecule has 0 spiro atoms. The van der Waals surface area contributed by atoms with E-state index in [1.165, 1.54) is 0 Å². The van der Waals surface area contributed by atoms with Crippen LogP contribution in [0.1, 0.15) is 27.8 Å². The summed E-state index contributed by atoms with van der Waals surface area (Å²) in [6.07, 6.45) is 1.88. The third kappa shape index (κ3) is 3.44. The molecule has 0 radical (unpaired) electrons. The van der Waals surface area contributed by atoms with Crippen molar-refractivity contribution in [1.82, 2.24) is 14.3 Å². The first-order chi connectivity index (χ1) is 12.4. The van der Waals surface area contributed by atoms with Crippen LogP contribution in [-0.4, -0.2) is 46.9 Å². The minimum absolute atomic E-state index is 0.0399. The molecule has 6 nitrogen and oxygen atoms in total. The molecule has 1 aromatic carbocycles. The van der Waals surface area contributed by atoms with Crippen molar-refractivity contribution in [3.63, 3.8) is 0 Å². The highest BCUT2D eigenvalue weighted by Gasteiger charge is 2.18. The van der Waals surface area contributed by atoms with Crippen molar-refractivity contribution in [1.29, 1.82) is 0 Å². The molecule has 0 aliphatic rings. The van der Waals surface area contributed by atoms with Gasteiger partial charge >= 0.3 is 5.97 Å². The normalized spacial score (nSPS) is 10.8. The van der Waals surface area contributed by atoms with Gasteiger partial charge in [-0.25, -0.2) is 9.78 Å². The summed E-state index contributed by atoms with van der Waals surface area (Å²) in [6, 6.07) is 11.3. The van der Waals surface area contributed by atoms with Gasteiger partial charge in [-0.1, -0.05) is 12.1 Å². The summed E-state index contributed by atoms with van der Waals surface area (Å²) in [4.78, 5) is 30.0. The predicted octanol–water partition coefficient (Wildman–Crippen LogP) is 3.48. The number of carbonyl (C=O) groups excluding carboxylic acids is 2. The van der Waals surface area contributed by atoms with Crippen LogP contribution in [0.3, 0.4) is 0 Å². The summed E-state index contributed by atoms with van der Waals surface area (Å²) in [5.41, 5.74) is 3.51. The van der Waals surface area contributed by atoms with Crippen LogP contribution < -0.4 is 0 Å². The van der Waals surface area contributed by atoms with Crippen LogP contribution >= 0.6 is 22.6 Å². The monoisotopic (exact) mass is 463 g/mol. The molecule has 0 fully saturated rings. The van der Waals surface area contributed by atoms with Gasteiger partial charge in [-0.15, -0.1) is 0 Å². The lowest BCUT2D eigenvalue weighted by Gasteiger charge is -2.10. The van der Waals surface area contributed by atoms with Gasteiger partial charge in [0.15, 0.2) is 9.53 Å². The summed E-state index contributed by atoms with van der Waals surface area (Å²) < 4.78 is 7.64. The Balaban J connectivity index is 2.02. The van der Waals surface area contributed by atoms with Crippen molar-refractivity contribution in [2.45, 2.75) is 6.92 Å². The number of esters is 1. The zero-order valence-corrected chi connectivity index (χ0v) is 16.9. The summed E-state index contributed by atoms with van der Waals surface area (Å²) in [6.45, 7) is 2.07. The standard InChI is InChI=1S/C19H18IN3O3/c1-4-26-18(25)16-15-11-14(9-10-23(15)19(20)21-16)12-5-7-13(8-6-12)17(24)22(2)3/h5-11H,4H2,1-3H3. The van der Waals surface area contributed by atoms with Gasteiger partial charge in [0.2, 0.25) is 0 Å². The number of imidazole rings is 1. The Morgan fingerprint density at radius 2 is 1.85 bits per heavy atom. The average molecular weight is 463 g/mol. The number of benzene rings is 1. The molecule has 134 valence electrons. The Labute approximate surface area is 164 Å². The number of ether oxygens (including phenoxy) is 1. The number of halogens is 1. The highest BCUT2D eigenvalue weighted by molar-refractivity contribution is 14.1. The Hall–Kier alpha value is -2.42. The van der Waals surface area contributed by atoms with Crippen LogP contribution in [0, 0.1) is 3.83 Å². The van der Waals surface area contributed by atoms with E-state index in [0.717, 1.165) is 11.1 Å². The Bertz CT molecular complexity index is 978. The number of carbonyl (C=O) groups is 2. The molecule has 0 atom stereocenters. The fourth-order valence-electron chi connectivity index (χ4n) is 2.64. The zero-order chi connectivity index (χ0) is 18.8. The van der Waals surface area contributed by atoms with Crippen molar-refractivity contribution in [2.24, 2.45) is 0 Å². The van der Waals surface area contributed by atoms with Crippen LogP contribution in [0.25, 0.3) is 16.6 Å². The van der Waals surface area contributed by atoms with Crippen LogP contribution in [-0.2, 0) is 4.74 Å². The number of aromatic nitrogens is 2. The third-order valence-electron chi connectivity index (χ3n) is 3.94. The second-order valence-corrected chi connectivity index (χ2v) is 6.86. The summed E-state index contributed by atoms with van der Waals surface area (Å²) >= 11 is 2.09. The summed E-state index contributed by atoms with van der Waals surface area (Å²) in [5.74, 6) is -0.473. The molecule has 0 unspecified atom stereocenters. The van der Waals surface area contributed by atoms with Gasteiger partial charge in [-0.3, -0.25) is 9.20 Å². The van der Waals surface area contributed by atoms with Crippen molar-refractivity contribution in [2.75, 3.05) is 20.7 Å². The smallest absolute Gasteiger partial charge is 0.359 e. The molecule has 0 aliphatic carbocycles. The van der Waals surface area contributed by atoms with Gasteiger partial charge in [0, 0.05) is 48.4 Å². The molecule has 0 saturated heterocycles. The number of pyridine rings is 1. The number of fused-ring (bicyclic) bond motifs is 1. The van der Waals surface area contributed by atoms with Gasteiger partial charge < -0.3 is 9.64 Å². The van der Waals surface area contributed by atoms with E-state index >= 15 is 0 Å². The number of amides is 1. The Morgan fingerprint density at radius 1 is 1.15 bits per heavy atom. The molecular formula is C19H18IN3O3. The zero-order valence-electron chi connectivity index (χ0n) is 14.7. The van der Waals surface area contributed by atoms with Crippen molar-refractivity contribution >= 4 is 40.0 Å². The second kappa shape index (κ2) is 7.45. The van der Waals surface area contributed by atoms with Crippen LogP contribution in [0.4, 0.5) is 0 Å². The molecule has 0 N–H and O–H groups in total. The lowest BCUT2D eigenvalue weighted by atomic mass is 10.0. The summed E-state index contributed by atoms with van der Waals surface area (Å²) in [7, 11) is 3.45. The first-order valence-electron chi connectivity index (χ1n) is 8.09. The van der Waals surface area contributed by atoms with E-state index in [2.05, 4.69) is 27.6 Å². The maximum atomic E-state index is 12.2. The van der Waals surface area contributed by atoms with E-state index in [-0.39, 0.29) is 5.91 Å². The Morgan fingerprint density at radius 3 is 2.46 bits per heavy atom. The van der Waals surface area contributed by atoms with Gasteiger partial charge in [-0.05, 0) is 42.3 Å². The van der Waals surface area contributed by atoms with E-state index in [4.69, 9.17) is 4.74 Å². The molecule has 3 aromatic rings. The number of nitrogens with zero attached hydrogens (tertiary/aromatic N) is 3. The lowest BCUT2D eigenvalue weighted by molar-refractivity contribution is 0.0522. The number of rotatable bonds is 4. The highest BCUT2D eigenvalue weighted by atomic mass is 127. The molecule has 0 saturated carbocycles. The minimum atomic E-state index is -0.433. The van der Waals surface area contributed by atoms with Crippen molar-refractivity contribution < 1.29 is 14.3 Å².